The number of ether oxygens (including phenoxy) is 1. The van der Waals surface area contributed by atoms with Gasteiger partial charge in [-0.25, -0.2) is 0 Å². The van der Waals surface area contributed by atoms with Gasteiger partial charge in [-0.2, -0.15) is 0 Å². The summed E-state index contributed by atoms with van der Waals surface area (Å²) in [6.45, 7) is 9.40. The smallest absolute Gasteiger partial charge is 0.0870 e. The van der Waals surface area contributed by atoms with Crippen LogP contribution in [0.4, 0.5) is 0 Å². The van der Waals surface area contributed by atoms with Crippen LogP contribution in [-0.2, 0) is 4.74 Å². The first-order valence-electron chi connectivity index (χ1n) is 4.73. The Kier molecular flexibility index (Phi) is 3.33. The van der Waals surface area contributed by atoms with Crippen molar-refractivity contribution >= 4 is 0 Å². The summed E-state index contributed by atoms with van der Waals surface area (Å²) in [5, 5.41) is 9.22. The van der Waals surface area contributed by atoms with E-state index in [9.17, 15) is 5.11 Å². The monoisotopic (exact) mass is 185 g/mol. The van der Waals surface area contributed by atoms with E-state index in [4.69, 9.17) is 4.74 Å². The lowest BCUT2D eigenvalue weighted by atomic mass is 10.0. The average molecular weight is 185 g/mol. The molecule has 0 aliphatic carbocycles. The Balaban J connectivity index is 2.61. The van der Waals surface area contributed by atoms with Crippen molar-refractivity contribution in [2.75, 3.05) is 26.3 Å². The molecule has 0 saturated carbocycles. The van der Waals surface area contributed by atoms with Crippen LogP contribution in [-0.4, -0.2) is 41.8 Å². The number of allylic oxidation sites excluding steroid dienone is 1. The summed E-state index contributed by atoms with van der Waals surface area (Å²) in [6, 6.07) is 0. The van der Waals surface area contributed by atoms with Gasteiger partial charge < -0.3 is 9.84 Å². The number of aliphatic hydroxyl groups excluding tert-OH is 1. The highest BCUT2D eigenvalue weighted by molar-refractivity contribution is 5.05. The summed E-state index contributed by atoms with van der Waals surface area (Å²) in [5.41, 5.74) is -0.0669. The van der Waals surface area contributed by atoms with Gasteiger partial charge in [0.25, 0.3) is 0 Å². The summed E-state index contributed by atoms with van der Waals surface area (Å²) < 4.78 is 5.27. The van der Waals surface area contributed by atoms with E-state index in [2.05, 4.69) is 18.7 Å². The maximum atomic E-state index is 9.22. The second-order valence-corrected chi connectivity index (χ2v) is 4.04. The van der Waals surface area contributed by atoms with Gasteiger partial charge >= 0.3 is 0 Å². The predicted molar refractivity (Wildman–Crippen MR) is 52.9 cm³/mol. The highest BCUT2D eigenvalue weighted by Crippen LogP contribution is 2.18. The van der Waals surface area contributed by atoms with E-state index in [-0.39, 0.29) is 5.54 Å². The molecule has 1 N–H and O–H groups in total. The molecule has 1 rings (SSSR count). The van der Waals surface area contributed by atoms with Crippen molar-refractivity contribution in [3.8, 4) is 0 Å². The molecule has 0 atom stereocenters. The molecule has 0 unspecified atom stereocenters. The fourth-order valence-electron chi connectivity index (χ4n) is 1.74. The molecule has 3 heteroatoms. The molecule has 1 aliphatic rings. The molecule has 1 saturated heterocycles. The van der Waals surface area contributed by atoms with Crippen LogP contribution in [0.25, 0.3) is 0 Å². The summed E-state index contributed by atoms with van der Waals surface area (Å²) in [5.74, 6) is 0.386. The quantitative estimate of drug-likeness (QED) is 0.663. The molecule has 3 nitrogen and oxygen atoms in total. The van der Waals surface area contributed by atoms with Gasteiger partial charge in [-0.3, -0.25) is 4.90 Å². The zero-order valence-corrected chi connectivity index (χ0v) is 8.71. The number of rotatable bonds is 2. The second-order valence-electron chi connectivity index (χ2n) is 4.04. The van der Waals surface area contributed by atoms with Crippen molar-refractivity contribution in [2.45, 2.75) is 26.3 Å². The van der Waals surface area contributed by atoms with Crippen LogP contribution in [0, 0.1) is 0 Å². The molecule has 76 valence electrons. The standard InChI is InChI=1S/C10H19NO2/c1-9(12)8-10(2,3)11-4-6-13-7-5-11/h8,12H,4-7H2,1-3H3/b9-8+. The minimum absolute atomic E-state index is 0.0669. The first-order valence-corrected chi connectivity index (χ1v) is 4.73. The van der Waals surface area contributed by atoms with Crippen LogP contribution in [0.5, 0.6) is 0 Å². The first kappa shape index (κ1) is 10.5. The first-order chi connectivity index (χ1) is 6.02. The van der Waals surface area contributed by atoms with E-state index < -0.39 is 0 Å². The lowest BCUT2D eigenvalue weighted by Crippen LogP contribution is -2.48. The van der Waals surface area contributed by atoms with E-state index in [0.29, 0.717) is 5.76 Å². The van der Waals surface area contributed by atoms with Crippen molar-refractivity contribution in [1.82, 2.24) is 4.90 Å². The number of hydrogen-bond acceptors (Lipinski definition) is 3. The fourth-order valence-corrected chi connectivity index (χ4v) is 1.74. The largest absolute Gasteiger partial charge is 0.513 e. The van der Waals surface area contributed by atoms with Gasteiger partial charge in [0, 0.05) is 18.6 Å². The molecule has 1 heterocycles. The highest BCUT2D eigenvalue weighted by atomic mass is 16.5. The molecule has 0 amide bonds. The third-order valence-corrected chi connectivity index (χ3v) is 2.39. The number of aliphatic hydroxyl groups is 1. The average Bonchev–Trinajstić information content (AvgIpc) is 2.04. The molecule has 13 heavy (non-hydrogen) atoms. The third-order valence-electron chi connectivity index (χ3n) is 2.39. The van der Waals surface area contributed by atoms with Crippen molar-refractivity contribution in [1.29, 1.82) is 0 Å². The van der Waals surface area contributed by atoms with Gasteiger partial charge in [-0.05, 0) is 26.8 Å². The second kappa shape index (κ2) is 4.11. The van der Waals surface area contributed by atoms with Crippen LogP contribution >= 0.6 is 0 Å². The maximum Gasteiger partial charge on any atom is 0.0870 e. The maximum absolute atomic E-state index is 9.22. The zero-order chi connectivity index (χ0) is 9.90. The minimum atomic E-state index is -0.0669. The normalized spacial score (nSPS) is 21.9. The van der Waals surface area contributed by atoms with E-state index in [1.807, 2.05) is 6.08 Å². The lowest BCUT2D eigenvalue weighted by Gasteiger charge is -2.38. The number of morpholine rings is 1. The molecule has 0 bridgehead atoms. The molecule has 1 aliphatic heterocycles. The molecule has 1 fully saturated rings. The molecular weight excluding hydrogens is 166 g/mol. The van der Waals surface area contributed by atoms with E-state index in [0.717, 1.165) is 26.3 Å². The topological polar surface area (TPSA) is 32.7 Å². The van der Waals surface area contributed by atoms with Gasteiger partial charge in [0.2, 0.25) is 0 Å². The van der Waals surface area contributed by atoms with Crippen LogP contribution in [0.1, 0.15) is 20.8 Å². The molecular formula is C10H19NO2. The minimum Gasteiger partial charge on any atom is -0.513 e. The van der Waals surface area contributed by atoms with Gasteiger partial charge in [0.15, 0.2) is 0 Å². The highest BCUT2D eigenvalue weighted by Gasteiger charge is 2.26. The fraction of sp³-hybridized carbons (Fsp3) is 0.800. The van der Waals surface area contributed by atoms with Crippen LogP contribution in [0.3, 0.4) is 0 Å². The van der Waals surface area contributed by atoms with Crippen LogP contribution < -0.4 is 0 Å². The summed E-state index contributed by atoms with van der Waals surface area (Å²) >= 11 is 0. The van der Waals surface area contributed by atoms with Crippen molar-refractivity contribution in [3.05, 3.63) is 11.8 Å². The van der Waals surface area contributed by atoms with Gasteiger partial charge in [0.1, 0.15) is 0 Å². The third kappa shape index (κ3) is 3.01. The SMILES string of the molecule is C/C(O)=C\C(C)(C)N1CCOCC1. The van der Waals surface area contributed by atoms with E-state index in [1.165, 1.54) is 0 Å². The molecule has 0 aromatic rings. The molecule has 0 aromatic carbocycles. The molecule has 0 spiro atoms. The Bertz CT molecular complexity index is 189. The Morgan fingerprint density at radius 1 is 1.38 bits per heavy atom. The Morgan fingerprint density at radius 3 is 2.38 bits per heavy atom. The molecule has 0 radical (unpaired) electrons. The Labute approximate surface area is 80.0 Å². The van der Waals surface area contributed by atoms with E-state index >= 15 is 0 Å². The van der Waals surface area contributed by atoms with Gasteiger partial charge in [-0.1, -0.05) is 0 Å². The van der Waals surface area contributed by atoms with Crippen molar-refractivity contribution in [2.24, 2.45) is 0 Å². The van der Waals surface area contributed by atoms with Gasteiger partial charge in [-0.15, -0.1) is 0 Å². The summed E-state index contributed by atoms with van der Waals surface area (Å²) in [7, 11) is 0. The van der Waals surface area contributed by atoms with Gasteiger partial charge in [0.05, 0.1) is 19.0 Å². The Hall–Kier alpha value is -0.540. The Morgan fingerprint density at radius 2 is 1.92 bits per heavy atom. The number of hydrogen-bond donors (Lipinski definition) is 1. The predicted octanol–water partition coefficient (Wildman–Crippen LogP) is 1.56. The summed E-state index contributed by atoms with van der Waals surface area (Å²) in [4.78, 5) is 2.32. The number of nitrogens with zero attached hydrogens (tertiary/aromatic N) is 1. The van der Waals surface area contributed by atoms with Crippen LogP contribution in [0.15, 0.2) is 11.8 Å². The van der Waals surface area contributed by atoms with Crippen molar-refractivity contribution < 1.29 is 9.84 Å². The van der Waals surface area contributed by atoms with Crippen LogP contribution in [0.2, 0.25) is 0 Å². The lowest BCUT2D eigenvalue weighted by molar-refractivity contribution is 0.00396. The zero-order valence-electron chi connectivity index (χ0n) is 8.71. The summed E-state index contributed by atoms with van der Waals surface area (Å²) in [6.07, 6.45) is 1.89. The molecule has 0 aromatic heterocycles. The van der Waals surface area contributed by atoms with E-state index in [1.54, 1.807) is 6.92 Å². The van der Waals surface area contributed by atoms with Crippen molar-refractivity contribution in [3.63, 3.8) is 0 Å².